The molecular weight excluding hydrogens is 222 g/mol. The van der Waals surface area contributed by atoms with Crippen LogP contribution in [0.1, 0.15) is 26.7 Å². The summed E-state index contributed by atoms with van der Waals surface area (Å²) < 4.78 is 5.09. The largest absolute Gasteiger partial charge is 0.449 e. The summed E-state index contributed by atoms with van der Waals surface area (Å²) in [5.74, 6) is 5.55. The van der Waals surface area contributed by atoms with Crippen LogP contribution in [0.5, 0.6) is 0 Å². The number of nitrogens with zero attached hydrogens (tertiary/aromatic N) is 1. The Kier molecular flexibility index (Phi) is 5.21. The number of nitrogens with two attached hydrogens (primary N) is 1. The van der Waals surface area contributed by atoms with Crippen LogP contribution in [0.4, 0.5) is 4.79 Å². The Labute approximate surface area is 101 Å². The second kappa shape index (κ2) is 6.44. The van der Waals surface area contributed by atoms with E-state index in [-0.39, 0.29) is 12.0 Å². The third-order valence-corrected chi connectivity index (χ3v) is 2.70. The number of hydrogen-bond acceptors (Lipinski definition) is 4. The van der Waals surface area contributed by atoms with Gasteiger partial charge in [-0.1, -0.05) is 13.8 Å². The van der Waals surface area contributed by atoms with Crippen LogP contribution in [-0.4, -0.2) is 36.6 Å². The van der Waals surface area contributed by atoms with E-state index in [1.807, 2.05) is 13.8 Å². The molecule has 3 N–H and O–H groups in total. The van der Waals surface area contributed by atoms with Gasteiger partial charge in [0.1, 0.15) is 0 Å². The lowest BCUT2D eigenvalue weighted by Gasteiger charge is -2.38. The van der Waals surface area contributed by atoms with Gasteiger partial charge in [-0.3, -0.25) is 10.2 Å². The molecule has 1 rings (SSSR count). The highest BCUT2D eigenvalue weighted by molar-refractivity contribution is 5.75. The summed E-state index contributed by atoms with van der Waals surface area (Å²) in [5, 5.41) is 0. The monoisotopic (exact) mass is 243 g/mol. The molecule has 6 nitrogen and oxygen atoms in total. The average molecular weight is 243 g/mol. The maximum absolute atomic E-state index is 11.5. The number of hydrazine groups is 1. The third-order valence-electron chi connectivity index (χ3n) is 2.70. The van der Waals surface area contributed by atoms with Crippen molar-refractivity contribution in [1.82, 2.24) is 10.3 Å². The van der Waals surface area contributed by atoms with Gasteiger partial charge < -0.3 is 9.64 Å². The first kappa shape index (κ1) is 13.8. The van der Waals surface area contributed by atoms with E-state index < -0.39 is 0 Å². The first-order chi connectivity index (χ1) is 8.02. The zero-order valence-corrected chi connectivity index (χ0v) is 10.4. The second-order valence-electron chi connectivity index (χ2n) is 4.85. The molecule has 2 amide bonds. The van der Waals surface area contributed by atoms with Crippen LogP contribution in [0.15, 0.2) is 0 Å². The predicted molar refractivity (Wildman–Crippen MR) is 62.8 cm³/mol. The molecule has 1 aliphatic heterocycles. The zero-order valence-electron chi connectivity index (χ0n) is 10.4. The van der Waals surface area contributed by atoms with Gasteiger partial charge >= 0.3 is 6.09 Å². The number of ether oxygens (including phenoxy) is 1. The highest BCUT2D eigenvalue weighted by Gasteiger charge is 2.31. The zero-order chi connectivity index (χ0) is 12.8. The van der Waals surface area contributed by atoms with Gasteiger partial charge in [0.25, 0.3) is 0 Å². The summed E-state index contributed by atoms with van der Waals surface area (Å²) in [5.41, 5.74) is 2.09. The van der Waals surface area contributed by atoms with Gasteiger partial charge in [-0.25, -0.2) is 10.6 Å². The fraction of sp³-hybridized carbons (Fsp3) is 0.818. The summed E-state index contributed by atoms with van der Waals surface area (Å²) in [6.45, 7) is 5.80. The number of nitrogens with one attached hydrogen (secondary N) is 1. The van der Waals surface area contributed by atoms with Crippen LogP contribution < -0.4 is 11.3 Å². The van der Waals surface area contributed by atoms with Gasteiger partial charge in [-0.05, 0) is 18.3 Å². The predicted octanol–water partition coefficient (Wildman–Crippen LogP) is 0.481. The number of carbonyl (C=O) groups is 2. The van der Waals surface area contributed by atoms with E-state index in [0.717, 1.165) is 6.42 Å². The molecule has 0 aromatic rings. The van der Waals surface area contributed by atoms with Gasteiger partial charge in [-0.2, -0.15) is 0 Å². The minimum Gasteiger partial charge on any atom is -0.449 e. The summed E-state index contributed by atoms with van der Waals surface area (Å²) in [4.78, 5) is 24.0. The molecule has 1 aliphatic rings. The van der Waals surface area contributed by atoms with Crippen molar-refractivity contribution in [1.29, 1.82) is 0 Å². The Morgan fingerprint density at radius 2 is 2.12 bits per heavy atom. The number of hydrogen-bond donors (Lipinski definition) is 2. The molecule has 1 heterocycles. The van der Waals surface area contributed by atoms with E-state index in [1.54, 1.807) is 4.90 Å². The molecule has 0 bridgehead atoms. The lowest BCUT2D eigenvalue weighted by molar-refractivity contribution is -0.121. The Morgan fingerprint density at radius 1 is 1.47 bits per heavy atom. The van der Waals surface area contributed by atoms with Crippen molar-refractivity contribution in [2.75, 3.05) is 19.7 Å². The minimum absolute atomic E-state index is 0.161. The smallest absolute Gasteiger partial charge is 0.409 e. The molecule has 0 aromatic heterocycles. The first-order valence-corrected chi connectivity index (χ1v) is 5.94. The van der Waals surface area contributed by atoms with E-state index in [4.69, 9.17) is 10.6 Å². The van der Waals surface area contributed by atoms with E-state index in [0.29, 0.717) is 38.0 Å². The van der Waals surface area contributed by atoms with Gasteiger partial charge in [-0.15, -0.1) is 0 Å². The SMILES string of the molecule is CC(C)COC(=O)N1CC(CCC(=O)NN)C1. The van der Waals surface area contributed by atoms with Crippen molar-refractivity contribution in [3.05, 3.63) is 0 Å². The maximum atomic E-state index is 11.5. The van der Waals surface area contributed by atoms with Gasteiger partial charge in [0.15, 0.2) is 0 Å². The Hall–Kier alpha value is -1.30. The van der Waals surface area contributed by atoms with Crippen molar-refractivity contribution in [2.45, 2.75) is 26.7 Å². The second-order valence-corrected chi connectivity index (χ2v) is 4.85. The summed E-state index contributed by atoms with van der Waals surface area (Å²) in [7, 11) is 0. The van der Waals surface area contributed by atoms with E-state index in [1.165, 1.54) is 0 Å². The van der Waals surface area contributed by atoms with Crippen molar-refractivity contribution in [3.8, 4) is 0 Å². The molecule has 0 aliphatic carbocycles. The van der Waals surface area contributed by atoms with Crippen LogP contribution in [-0.2, 0) is 9.53 Å². The van der Waals surface area contributed by atoms with E-state index >= 15 is 0 Å². The molecule has 98 valence electrons. The molecule has 1 saturated heterocycles. The third kappa shape index (κ3) is 4.60. The molecule has 0 radical (unpaired) electrons. The van der Waals surface area contributed by atoms with Crippen molar-refractivity contribution >= 4 is 12.0 Å². The quantitative estimate of drug-likeness (QED) is 0.418. The number of amides is 2. The van der Waals surface area contributed by atoms with Crippen LogP contribution in [0.25, 0.3) is 0 Å². The normalized spacial score (nSPS) is 15.6. The maximum Gasteiger partial charge on any atom is 0.409 e. The lowest BCUT2D eigenvalue weighted by atomic mass is 9.95. The first-order valence-electron chi connectivity index (χ1n) is 5.94. The number of carbonyl (C=O) groups excluding carboxylic acids is 2. The Bertz CT molecular complexity index is 275. The van der Waals surface area contributed by atoms with E-state index in [9.17, 15) is 9.59 Å². The minimum atomic E-state index is -0.252. The molecule has 17 heavy (non-hydrogen) atoms. The topological polar surface area (TPSA) is 84.7 Å². The molecule has 0 spiro atoms. The molecule has 0 atom stereocenters. The molecule has 6 heteroatoms. The average Bonchev–Trinajstić information content (AvgIpc) is 2.23. The molecule has 0 unspecified atom stereocenters. The fourth-order valence-corrected chi connectivity index (χ4v) is 1.64. The highest BCUT2D eigenvalue weighted by atomic mass is 16.6. The lowest BCUT2D eigenvalue weighted by Crippen LogP contribution is -2.50. The Morgan fingerprint density at radius 3 is 2.65 bits per heavy atom. The molecule has 1 fully saturated rings. The van der Waals surface area contributed by atoms with Crippen molar-refractivity contribution in [3.63, 3.8) is 0 Å². The summed E-state index contributed by atoms with van der Waals surface area (Å²) in [6.07, 6.45) is 0.922. The van der Waals surface area contributed by atoms with E-state index in [2.05, 4.69) is 5.43 Å². The molecule has 0 aromatic carbocycles. The van der Waals surface area contributed by atoms with Crippen LogP contribution in [0.2, 0.25) is 0 Å². The number of rotatable bonds is 5. The summed E-state index contributed by atoms with van der Waals surface area (Å²) >= 11 is 0. The Balaban J connectivity index is 2.10. The summed E-state index contributed by atoms with van der Waals surface area (Å²) in [6, 6.07) is 0. The van der Waals surface area contributed by atoms with Crippen LogP contribution >= 0.6 is 0 Å². The van der Waals surface area contributed by atoms with Crippen molar-refractivity contribution in [2.24, 2.45) is 17.7 Å². The fourth-order valence-electron chi connectivity index (χ4n) is 1.64. The van der Waals surface area contributed by atoms with Crippen LogP contribution in [0, 0.1) is 11.8 Å². The van der Waals surface area contributed by atoms with Gasteiger partial charge in [0, 0.05) is 19.5 Å². The number of likely N-dealkylation sites (tertiary alicyclic amines) is 1. The molecule has 0 saturated carbocycles. The van der Waals surface area contributed by atoms with Gasteiger partial charge in [0.2, 0.25) is 5.91 Å². The molecular formula is C11H21N3O3. The van der Waals surface area contributed by atoms with Crippen molar-refractivity contribution < 1.29 is 14.3 Å². The highest BCUT2D eigenvalue weighted by Crippen LogP contribution is 2.21. The van der Waals surface area contributed by atoms with Crippen LogP contribution in [0.3, 0.4) is 0 Å². The standard InChI is InChI=1S/C11H21N3O3/c1-8(2)7-17-11(16)14-5-9(6-14)3-4-10(15)13-12/h8-9H,3-7,12H2,1-2H3,(H,13,15). The van der Waals surface area contributed by atoms with Gasteiger partial charge in [0.05, 0.1) is 6.61 Å².